The lowest BCUT2D eigenvalue weighted by Crippen LogP contribution is -2.41. The van der Waals surface area contributed by atoms with Gasteiger partial charge >= 0.3 is 0 Å². The standard InChI is InChI=1S/C27H26BrNO3/c1-16-12-17(2)19(4)25(18(16)3)24(30)14-27(32)22-13-21(28)10-11-23(22)29(26(27)31)15-20-8-6-5-7-9-20/h5-13,32H,14-15H2,1-4H3. The zero-order chi connectivity index (χ0) is 23.2. The van der Waals surface area contributed by atoms with Gasteiger partial charge in [-0.15, -0.1) is 0 Å². The summed E-state index contributed by atoms with van der Waals surface area (Å²) >= 11 is 3.45. The topological polar surface area (TPSA) is 57.6 Å². The third-order valence-electron chi connectivity index (χ3n) is 6.54. The first-order valence-corrected chi connectivity index (χ1v) is 11.4. The van der Waals surface area contributed by atoms with Crippen LogP contribution in [0.1, 0.15) is 50.2 Å². The van der Waals surface area contributed by atoms with Gasteiger partial charge in [0.25, 0.3) is 5.91 Å². The Morgan fingerprint density at radius 1 is 0.969 bits per heavy atom. The van der Waals surface area contributed by atoms with Crippen LogP contribution in [0.3, 0.4) is 0 Å². The van der Waals surface area contributed by atoms with Crippen LogP contribution < -0.4 is 4.90 Å². The van der Waals surface area contributed by atoms with Crippen LogP contribution in [-0.4, -0.2) is 16.8 Å². The molecule has 1 amide bonds. The van der Waals surface area contributed by atoms with Crippen molar-refractivity contribution in [1.82, 2.24) is 0 Å². The number of ketones is 1. The van der Waals surface area contributed by atoms with Gasteiger partial charge in [0.2, 0.25) is 0 Å². The van der Waals surface area contributed by atoms with Crippen molar-refractivity contribution in [3.63, 3.8) is 0 Å². The van der Waals surface area contributed by atoms with Crippen molar-refractivity contribution in [3.8, 4) is 0 Å². The maximum absolute atomic E-state index is 13.6. The molecule has 1 atom stereocenters. The van der Waals surface area contributed by atoms with Crippen LogP contribution in [0.25, 0.3) is 0 Å². The van der Waals surface area contributed by atoms with Crippen molar-refractivity contribution in [2.75, 3.05) is 4.90 Å². The molecule has 1 heterocycles. The highest BCUT2D eigenvalue weighted by Gasteiger charge is 2.51. The van der Waals surface area contributed by atoms with E-state index < -0.39 is 11.5 Å². The predicted molar refractivity (Wildman–Crippen MR) is 130 cm³/mol. The van der Waals surface area contributed by atoms with E-state index in [-0.39, 0.29) is 12.2 Å². The minimum Gasteiger partial charge on any atom is -0.375 e. The molecule has 1 aliphatic heterocycles. The van der Waals surface area contributed by atoms with Crippen LogP contribution in [0.2, 0.25) is 0 Å². The number of anilines is 1. The van der Waals surface area contributed by atoms with Crippen molar-refractivity contribution in [2.45, 2.75) is 46.3 Å². The van der Waals surface area contributed by atoms with Gasteiger partial charge in [0.05, 0.1) is 18.7 Å². The molecule has 1 unspecified atom stereocenters. The van der Waals surface area contributed by atoms with Crippen molar-refractivity contribution >= 4 is 33.3 Å². The van der Waals surface area contributed by atoms with E-state index in [1.165, 1.54) is 0 Å². The smallest absolute Gasteiger partial charge is 0.264 e. The molecule has 5 heteroatoms. The third kappa shape index (κ3) is 3.70. The zero-order valence-corrected chi connectivity index (χ0v) is 20.3. The number of nitrogens with zero attached hydrogens (tertiary/aromatic N) is 1. The van der Waals surface area contributed by atoms with Gasteiger partial charge in [-0.25, -0.2) is 0 Å². The molecule has 1 N–H and O–H groups in total. The largest absolute Gasteiger partial charge is 0.375 e. The van der Waals surface area contributed by atoms with E-state index in [0.717, 1.165) is 32.3 Å². The van der Waals surface area contributed by atoms with Gasteiger partial charge in [0, 0.05) is 15.6 Å². The SMILES string of the molecule is Cc1cc(C)c(C)c(C(=O)CC2(O)C(=O)N(Cc3ccccc3)c3ccc(Br)cc32)c1C. The molecule has 1 aliphatic rings. The molecule has 0 bridgehead atoms. The number of hydrogen-bond acceptors (Lipinski definition) is 3. The second kappa shape index (κ2) is 8.30. The molecule has 3 aromatic carbocycles. The number of rotatable bonds is 5. The lowest BCUT2D eigenvalue weighted by atomic mass is 9.84. The minimum atomic E-state index is -1.92. The summed E-state index contributed by atoms with van der Waals surface area (Å²) in [5.74, 6) is -0.697. The number of benzene rings is 3. The number of aryl methyl sites for hydroxylation is 2. The number of halogens is 1. The van der Waals surface area contributed by atoms with E-state index in [0.29, 0.717) is 23.4 Å². The second-order valence-electron chi connectivity index (χ2n) is 8.63. The van der Waals surface area contributed by atoms with E-state index in [9.17, 15) is 14.7 Å². The first-order valence-electron chi connectivity index (χ1n) is 10.6. The van der Waals surface area contributed by atoms with Gasteiger partial charge in [0.15, 0.2) is 11.4 Å². The molecule has 164 valence electrons. The summed E-state index contributed by atoms with van der Waals surface area (Å²) in [7, 11) is 0. The van der Waals surface area contributed by atoms with Crippen molar-refractivity contribution in [2.24, 2.45) is 0 Å². The Morgan fingerprint density at radius 2 is 1.59 bits per heavy atom. The lowest BCUT2D eigenvalue weighted by Gasteiger charge is -2.24. The van der Waals surface area contributed by atoms with E-state index in [2.05, 4.69) is 22.0 Å². The zero-order valence-electron chi connectivity index (χ0n) is 18.7. The fourth-order valence-corrected chi connectivity index (χ4v) is 4.93. The fraction of sp³-hybridized carbons (Fsp3) is 0.259. The second-order valence-corrected chi connectivity index (χ2v) is 9.55. The summed E-state index contributed by atoms with van der Waals surface area (Å²) in [5.41, 5.74) is 4.55. The first-order chi connectivity index (χ1) is 15.1. The number of carbonyl (C=O) groups is 2. The Bertz CT molecular complexity index is 1210. The number of aliphatic hydroxyl groups is 1. The molecule has 4 nitrogen and oxygen atoms in total. The lowest BCUT2D eigenvalue weighted by molar-refractivity contribution is -0.136. The van der Waals surface area contributed by atoms with Crippen LogP contribution in [0, 0.1) is 27.7 Å². The molecule has 0 fully saturated rings. The van der Waals surface area contributed by atoms with Gasteiger partial charge in [-0.05, 0) is 73.7 Å². The molecule has 0 saturated carbocycles. The van der Waals surface area contributed by atoms with Crippen molar-refractivity contribution in [3.05, 3.63) is 98.0 Å². The Balaban J connectivity index is 1.77. The molecule has 3 aromatic rings. The summed E-state index contributed by atoms with van der Waals surface area (Å²) in [6.07, 6.45) is -0.300. The highest BCUT2D eigenvalue weighted by atomic mass is 79.9. The Kier molecular flexibility index (Phi) is 5.82. The number of carbonyl (C=O) groups excluding carboxylic acids is 2. The molecule has 32 heavy (non-hydrogen) atoms. The Labute approximate surface area is 197 Å². The van der Waals surface area contributed by atoms with Crippen LogP contribution in [0.4, 0.5) is 5.69 Å². The van der Waals surface area contributed by atoms with E-state index >= 15 is 0 Å². The van der Waals surface area contributed by atoms with Gasteiger partial charge in [-0.1, -0.05) is 52.3 Å². The first kappa shape index (κ1) is 22.4. The van der Waals surface area contributed by atoms with Gasteiger partial charge in [-0.2, -0.15) is 0 Å². The van der Waals surface area contributed by atoms with Crippen molar-refractivity contribution < 1.29 is 14.7 Å². The third-order valence-corrected chi connectivity index (χ3v) is 7.03. The molecular weight excluding hydrogens is 466 g/mol. The molecule has 0 radical (unpaired) electrons. The van der Waals surface area contributed by atoms with Crippen LogP contribution in [-0.2, 0) is 16.9 Å². The molecular formula is C27H26BrNO3. The summed E-state index contributed by atoms with van der Waals surface area (Å²) in [4.78, 5) is 28.7. The average Bonchev–Trinajstić information content (AvgIpc) is 2.94. The molecule has 0 aliphatic carbocycles. The van der Waals surface area contributed by atoms with Crippen LogP contribution in [0.15, 0.2) is 59.1 Å². The number of hydrogen-bond donors (Lipinski definition) is 1. The summed E-state index contributed by atoms with van der Waals surface area (Å²) in [5, 5.41) is 11.7. The monoisotopic (exact) mass is 491 g/mol. The van der Waals surface area contributed by atoms with Gasteiger partial charge in [0.1, 0.15) is 0 Å². The maximum Gasteiger partial charge on any atom is 0.264 e. The highest BCUT2D eigenvalue weighted by molar-refractivity contribution is 9.10. The Morgan fingerprint density at radius 3 is 2.22 bits per heavy atom. The summed E-state index contributed by atoms with van der Waals surface area (Å²) in [6, 6.07) is 17.1. The molecule has 4 rings (SSSR count). The molecule has 0 aromatic heterocycles. The number of Topliss-reactive ketones (excluding diaryl/α,β-unsaturated/α-hetero) is 1. The van der Waals surface area contributed by atoms with E-state index in [1.807, 2.05) is 70.2 Å². The minimum absolute atomic E-state index is 0.227. The highest BCUT2D eigenvalue weighted by Crippen LogP contribution is 2.45. The van der Waals surface area contributed by atoms with Gasteiger partial charge in [-0.3, -0.25) is 9.59 Å². The van der Waals surface area contributed by atoms with Crippen LogP contribution in [0.5, 0.6) is 0 Å². The summed E-state index contributed by atoms with van der Waals surface area (Å²) < 4.78 is 0.746. The predicted octanol–water partition coefficient (Wildman–Crippen LogP) is 5.69. The van der Waals surface area contributed by atoms with E-state index in [4.69, 9.17) is 0 Å². The van der Waals surface area contributed by atoms with Gasteiger partial charge < -0.3 is 10.0 Å². The molecule has 0 saturated heterocycles. The van der Waals surface area contributed by atoms with E-state index in [1.54, 1.807) is 11.0 Å². The Hall–Kier alpha value is -2.76. The number of fused-ring (bicyclic) bond motifs is 1. The quantitative estimate of drug-likeness (QED) is 0.466. The fourth-order valence-electron chi connectivity index (χ4n) is 4.57. The van der Waals surface area contributed by atoms with Crippen LogP contribution >= 0.6 is 15.9 Å². The maximum atomic E-state index is 13.6. The van der Waals surface area contributed by atoms with Crippen molar-refractivity contribution in [1.29, 1.82) is 0 Å². The molecule has 0 spiro atoms. The average molecular weight is 492 g/mol. The number of amides is 1. The summed E-state index contributed by atoms with van der Waals surface area (Å²) in [6.45, 7) is 8.11. The normalized spacial score (nSPS) is 17.6.